The van der Waals surface area contributed by atoms with Crippen molar-refractivity contribution in [3.05, 3.63) is 35.8 Å². The molecule has 3 heteroatoms. The molecule has 16 heavy (non-hydrogen) atoms. The van der Waals surface area contributed by atoms with Gasteiger partial charge in [0.15, 0.2) is 0 Å². The van der Waals surface area contributed by atoms with Gasteiger partial charge in [0, 0.05) is 18.7 Å². The Morgan fingerprint density at radius 1 is 1.56 bits per heavy atom. The molecule has 90 valence electrons. The molecule has 1 heterocycles. The van der Waals surface area contributed by atoms with Crippen molar-refractivity contribution in [2.24, 2.45) is 0 Å². The Morgan fingerprint density at radius 2 is 2.31 bits per heavy atom. The van der Waals surface area contributed by atoms with Gasteiger partial charge < -0.3 is 9.73 Å². The molecule has 0 aromatic carbocycles. The van der Waals surface area contributed by atoms with Crippen LogP contribution in [0.3, 0.4) is 0 Å². The van der Waals surface area contributed by atoms with Gasteiger partial charge in [-0.15, -0.1) is 0 Å². The first-order chi connectivity index (χ1) is 7.65. The summed E-state index contributed by atoms with van der Waals surface area (Å²) in [6.45, 7) is 11.8. The molecule has 1 N–H and O–H groups in total. The lowest BCUT2D eigenvalue weighted by Crippen LogP contribution is -2.24. The highest BCUT2D eigenvalue weighted by molar-refractivity contribution is 5.12. The average molecular weight is 222 g/mol. The van der Waals surface area contributed by atoms with E-state index in [-0.39, 0.29) is 0 Å². The van der Waals surface area contributed by atoms with Gasteiger partial charge in [0.1, 0.15) is 5.76 Å². The van der Waals surface area contributed by atoms with Gasteiger partial charge in [0.05, 0.1) is 12.8 Å². The molecule has 0 unspecified atom stereocenters. The molecule has 1 aromatic heterocycles. The largest absolute Gasteiger partial charge is 0.468 e. The zero-order valence-electron chi connectivity index (χ0n) is 10.5. The first-order valence-electron chi connectivity index (χ1n) is 5.73. The maximum atomic E-state index is 5.52. The molecule has 3 nitrogen and oxygen atoms in total. The molecular formula is C13H22N2O. The number of nitrogens with one attached hydrogen (secondary N) is 1. The fourth-order valence-electron chi connectivity index (χ4n) is 1.69. The lowest BCUT2D eigenvalue weighted by atomic mass is 10.2. The van der Waals surface area contributed by atoms with Gasteiger partial charge in [0.2, 0.25) is 0 Å². The highest BCUT2D eigenvalue weighted by Crippen LogP contribution is 2.11. The van der Waals surface area contributed by atoms with E-state index in [1.54, 1.807) is 0 Å². The van der Waals surface area contributed by atoms with Crippen molar-refractivity contribution in [2.75, 3.05) is 20.1 Å². The summed E-state index contributed by atoms with van der Waals surface area (Å²) in [6, 6.07) is 2.11. The van der Waals surface area contributed by atoms with Crippen LogP contribution in [0.1, 0.15) is 25.2 Å². The fourth-order valence-corrected chi connectivity index (χ4v) is 1.69. The molecular weight excluding hydrogens is 200 g/mol. The summed E-state index contributed by atoms with van der Waals surface area (Å²) in [6.07, 6.45) is 1.82. The lowest BCUT2D eigenvalue weighted by Gasteiger charge is -2.18. The van der Waals surface area contributed by atoms with Crippen LogP contribution >= 0.6 is 0 Å². The average Bonchev–Trinajstić information content (AvgIpc) is 2.64. The van der Waals surface area contributed by atoms with Gasteiger partial charge in [-0.2, -0.15) is 0 Å². The second-order valence-electron chi connectivity index (χ2n) is 4.21. The van der Waals surface area contributed by atoms with E-state index in [0.717, 1.165) is 31.9 Å². The normalized spacial score (nSPS) is 11.0. The standard InChI is InChI=1S/C13H22N2O/c1-5-15(8-11(2)3)9-13-6-12(7-14-4)10-16-13/h6,10,14H,2,5,7-9H2,1,3-4H3. The first-order valence-corrected chi connectivity index (χ1v) is 5.73. The van der Waals surface area contributed by atoms with E-state index < -0.39 is 0 Å². The number of hydrogen-bond acceptors (Lipinski definition) is 3. The van der Waals surface area contributed by atoms with Crippen molar-refractivity contribution in [2.45, 2.75) is 26.9 Å². The van der Waals surface area contributed by atoms with Crippen molar-refractivity contribution in [3.63, 3.8) is 0 Å². The van der Waals surface area contributed by atoms with E-state index in [0.29, 0.717) is 0 Å². The molecule has 0 aliphatic heterocycles. The summed E-state index contributed by atoms with van der Waals surface area (Å²) in [5.41, 5.74) is 2.38. The van der Waals surface area contributed by atoms with E-state index in [9.17, 15) is 0 Å². The zero-order chi connectivity index (χ0) is 12.0. The van der Waals surface area contributed by atoms with Crippen LogP contribution < -0.4 is 5.32 Å². The third kappa shape index (κ3) is 4.21. The minimum absolute atomic E-state index is 0.854. The van der Waals surface area contributed by atoms with E-state index in [4.69, 9.17) is 4.42 Å². The van der Waals surface area contributed by atoms with Gasteiger partial charge in [-0.25, -0.2) is 0 Å². The van der Waals surface area contributed by atoms with Crippen LogP contribution in [0, 0.1) is 0 Å². The third-order valence-electron chi connectivity index (χ3n) is 2.41. The summed E-state index contributed by atoms with van der Waals surface area (Å²) in [4.78, 5) is 2.31. The molecule has 0 aliphatic carbocycles. The maximum Gasteiger partial charge on any atom is 0.118 e. The van der Waals surface area contributed by atoms with Crippen LogP contribution in [0.5, 0.6) is 0 Å². The summed E-state index contributed by atoms with van der Waals surface area (Å²) in [7, 11) is 1.94. The monoisotopic (exact) mass is 222 g/mol. The smallest absolute Gasteiger partial charge is 0.118 e. The van der Waals surface area contributed by atoms with Crippen LogP contribution in [0.15, 0.2) is 28.9 Å². The molecule has 0 amide bonds. The van der Waals surface area contributed by atoms with Crippen molar-refractivity contribution in [1.82, 2.24) is 10.2 Å². The molecule has 0 spiro atoms. The minimum Gasteiger partial charge on any atom is -0.468 e. The Bertz CT molecular complexity index is 330. The van der Waals surface area contributed by atoms with Crippen LogP contribution in [0.25, 0.3) is 0 Å². The van der Waals surface area contributed by atoms with Crippen molar-refractivity contribution < 1.29 is 4.42 Å². The van der Waals surface area contributed by atoms with E-state index in [1.165, 1.54) is 11.1 Å². The second-order valence-corrected chi connectivity index (χ2v) is 4.21. The number of nitrogens with zero attached hydrogens (tertiary/aromatic N) is 1. The Labute approximate surface area is 98.1 Å². The molecule has 0 radical (unpaired) electrons. The van der Waals surface area contributed by atoms with Gasteiger partial charge in [-0.3, -0.25) is 4.90 Å². The van der Waals surface area contributed by atoms with Crippen LogP contribution in [0.2, 0.25) is 0 Å². The molecule has 0 saturated heterocycles. The van der Waals surface area contributed by atoms with E-state index in [1.807, 2.05) is 13.3 Å². The second kappa shape index (κ2) is 6.51. The van der Waals surface area contributed by atoms with Crippen LogP contribution in [-0.4, -0.2) is 25.0 Å². The topological polar surface area (TPSA) is 28.4 Å². The Balaban J connectivity index is 2.52. The number of furan rings is 1. The summed E-state index contributed by atoms with van der Waals surface area (Å²) >= 11 is 0. The van der Waals surface area contributed by atoms with E-state index in [2.05, 4.69) is 36.7 Å². The molecule has 1 rings (SSSR count). The van der Waals surface area contributed by atoms with E-state index >= 15 is 0 Å². The Morgan fingerprint density at radius 3 is 2.88 bits per heavy atom. The molecule has 1 aromatic rings. The minimum atomic E-state index is 0.854. The lowest BCUT2D eigenvalue weighted by molar-refractivity contribution is 0.276. The van der Waals surface area contributed by atoms with Gasteiger partial charge in [0.25, 0.3) is 0 Å². The summed E-state index contributed by atoms with van der Waals surface area (Å²) in [5, 5.41) is 3.11. The molecule has 0 aliphatic rings. The third-order valence-corrected chi connectivity index (χ3v) is 2.41. The SMILES string of the molecule is C=C(C)CN(CC)Cc1cc(CNC)co1. The quantitative estimate of drug-likeness (QED) is 0.718. The number of hydrogen-bond donors (Lipinski definition) is 1. The van der Waals surface area contributed by atoms with Gasteiger partial charge in [-0.1, -0.05) is 19.1 Å². The van der Waals surface area contributed by atoms with Crippen molar-refractivity contribution in [1.29, 1.82) is 0 Å². The fraction of sp³-hybridized carbons (Fsp3) is 0.538. The Kier molecular flexibility index (Phi) is 5.29. The summed E-state index contributed by atoms with van der Waals surface area (Å²) in [5.74, 6) is 1.02. The number of likely N-dealkylation sites (N-methyl/N-ethyl adjacent to an activating group) is 1. The van der Waals surface area contributed by atoms with Crippen molar-refractivity contribution in [3.8, 4) is 0 Å². The predicted octanol–water partition coefficient (Wildman–Crippen LogP) is 2.40. The van der Waals surface area contributed by atoms with Crippen LogP contribution in [-0.2, 0) is 13.1 Å². The summed E-state index contributed by atoms with van der Waals surface area (Å²) < 4.78 is 5.52. The molecule has 0 atom stereocenters. The molecule has 0 bridgehead atoms. The number of rotatable bonds is 7. The van der Waals surface area contributed by atoms with Gasteiger partial charge in [-0.05, 0) is 26.6 Å². The molecule has 0 fully saturated rings. The zero-order valence-corrected chi connectivity index (χ0v) is 10.5. The molecule has 0 saturated carbocycles. The highest BCUT2D eigenvalue weighted by Gasteiger charge is 2.07. The Hall–Kier alpha value is -1.06. The van der Waals surface area contributed by atoms with Crippen LogP contribution in [0.4, 0.5) is 0 Å². The maximum absolute atomic E-state index is 5.52. The van der Waals surface area contributed by atoms with Gasteiger partial charge >= 0.3 is 0 Å². The first kappa shape index (κ1) is 13.0. The predicted molar refractivity (Wildman–Crippen MR) is 67.2 cm³/mol. The van der Waals surface area contributed by atoms with Crippen molar-refractivity contribution >= 4 is 0 Å². The highest BCUT2D eigenvalue weighted by atomic mass is 16.3.